The number of nitrogens with one attached hydrogen (secondary N) is 1. The molecule has 132 valence electrons. The van der Waals surface area contributed by atoms with Crippen molar-refractivity contribution in [2.24, 2.45) is 0 Å². The van der Waals surface area contributed by atoms with Gasteiger partial charge in [-0.25, -0.2) is 0 Å². The summed E-state index contributed by atoms with van der Waals surface area (Å²) < 4.78 is 5.73. The summed E-state index contributed by atoms with van der Waals surface area (Å²) in [6.07, 6.45) is 2.73. The maximum Gasteiger partial charge on any atom is 0.261 e. The zero-order chi connectivity index (χ0) is 17.7. The Morgan fingerprint density at radius 3 is 2.16 bits per heavy atom. The summed E-state index contributed by atoms with van der Waals surface area (Å²) in [5.41, 5.74) is -0.615. The van der Waals surface area contributed by atoms with E-state index < -0.39 is 11.5 Å². The number of hydrogen-bond acceptors (Lipinski definition) is 3. The second-order valence-electron chi connectivity index (χ2n) is 6.48. The Labute approximate surface area is 148 Å². The highest BCUT2D eigenvalue weighted by molar-refractivity contribution is 5.90. The Morgan fingerprint density at radius 1 is 1.16 bits per heavy atom. The van der Waals surface area contributed by atoms with Gasteiger partial charge in [-0.3, -0.25) is 4.79 Å². The second-order valence-corrected chi connectivity index (χ2v) is 6.48. The topological polar surface area (TPSA) is 58.6 Å². The van der Waals surface area contributed by atoms with Gasteiger partial charge in [-0.15, -0.1) is 0 Å². The van der Waals surface area contributed by atoms with Gasteiger partial charge in [0.2, 0.25) is 0 Å². The van der Waals surface area contributed by atoms with Gasteiger partial charge < -0.3 is 15.2 Å². The van der Waals surface area contributed by atoms with E-state index >= 15 is 0 Å². The van der Waals surface area contributed by atoms with E-state index in [9.17, 15) is 9.90 Å². The predicted molar refractivity (Wildman–Crippen MR) is 97.1 cm³/mol. The van der Waals surface area contributed by atoms with E-state index in [0.29, 0.717) is 11.1 Å². The van der Waals surface area contributed by atoms with Gasteiger partial charge in [0.1, 0.15) is 0 Å². The molecule has 0 spiro atoms. The largest absolute Gasteiger partial charge is 0.376 e. The Morgan fingerprint density at radius 2 is 1.72 bits per heavy atom. The molecule has 0 aliphatic carbocycles. The molecule has 1 fully saturated rings. The minimum atomic E-state index is -1.73. The molecule has 4 heteroatoms. The molecule has 0 saturated carbocycles. The van der Waals surface area contributed by atoms with Crippen molar-refractivity contribution in [1.82, 2.24) is 5.32 Å². The number of benzene rings is 2. The van der Waals surface area contributed by atoms with Gasteiger partial charge >= 0.3 is 0 Å². The van der Waals surface area contributed by atoms with Crippen LogP contribution in [0.25, 0.3) is 0 Å². The van der Waals surface area contributed by atoms with E-state index in [-0.39, 0.29) is 12.1 Å². The van der Waals surface area contributed by atoms with Gasteiger partial charge in [-0.05, 0) is 30.4 Å². The first-order valence-electron chi connectivity index (χ1n) is 8.92. The summed E-state index contributed by atoms with van der Waals surface area (Å²) >= 11 is 0. The fourth-order valence-corrected chi connectivity index (χ4v) is 3.44. The molecule has 1 aliphatic heterocycles. The average molecular weight is 339 g/mol. The molecule has 0 radical (unpaired) electrons. The van der Waals surface area contributed by atoms with E-state index in [1.54, 1.807) is 24.3 Å². The van der Waals surface area contributed by atoms with E-state index in [1.807, 2.05) is 43.3 Å². The molecular weight excluding hydrogens is 314 g/mol. The summed E-state index contributed by atoms with van der Waals surface area (Å²) in [6, 6.07) is 18.1. The highest BCUT2D eigenvalue weighted by Crippen LogP contribution is 2.30. The number of aliphatic hydroxyl groups is 1. The van der Waals surface area contributed by atoms with Crippen molar-refractivity contribution in [3.8, 4) is 0 Å². The highest BCUT2D eigenvalue weighted by atomic mass is 16.5. The van der Waals surface area contributed by atoms with Crippen LogP contribution in [-0.4, -0.2) is 29.8 Å². The zero-order valence-electron chi connectivity index (χ0n) is 14.5. The lowest BCUT2D eigenvalue weighted by Gasteiger charge is -2.31. The van der Waals surface area contributed by atoms with Crippen LogP contribution >= 0.6 is 0 Å². The Bertz CT molecular complexity index is 641. The van der Waals surface area contributed by atoms with Crippen molar-refractivity contribution in [2.45, 2.75) is 43.9 Å². The van der Waals surface area contributed by atoms with Gasteiger partial charge in [0.05, 0.1) is 12.1 Å². The minimum Gasteiger partial charge on any atom is -0.376 e. The molecule has 2 unspecified atom stereocenters. The van der Waals surface area contributed by atoms with Crippen LogP contribution < -0.4 is 5.32 Å². The molecule has 1 amide bonds. The summed E-state index contributed by atoms with van der Waals surface area (Å²) in [7, 11) is 0. The smallest absolute Gasteiger partial charge is 0.261 e. The van der Waals surface area contributed by atoms with Crippen molar-refractivity contribution in [2.75, 3.05) is 6.61 Å². The number of ether oxygens (including phenoxy) is 1. The van der Waals surface area contributed by atoms with Crippen LogP contribution in [0.2, 0.25) is 0 Å². The van der Waals surface area contributed by atoms with Gasteiger partial charge in [0.15, 0.2) is 5.60 Å². The fourth-order valence-electron chi connectivity index (χ4n) is 3.44. The summed E-state index contributed by atoms with van der Waals surface area (Å²) in [5, 5.41) is 14.5. The lowest BCUT2D eigenvalue weighted by atomic mass is 9.85. The molecule has 1 heterocycles. The average Bonchev–Trinajstić information content (AvgIpc) is 3.21. The molecule has 25 heavy (non-hydrogen) atoms. The Balaban J connectivity index is 1.93. The van der Waals surface area contributed by atoms with Crippen LogP contribution in [0.3, 0.4) is 0 Å². The minimum absolute atomic E-state index is 0.0183. The first-order valence-corrected chi connectivity index (χ1v) is 8.92. The number of hydrogen-bond donors (Lipinski definition) is 2. The van der Waals surface area contributed by atoms with Crippen molar-refractivity contribution in [3.63, 3.8) is 0 Å². The summed E-state index contributed by atoms with van der Waals surface area (Å²) in [4.78, 5) is 13.2. The molecular formula is C21H25NO3. The molecule has 1 aliphatic rings. The second kappa shape index (κ2) is 7.81. The van der Waals surface area contributed by atoms with Gasteiger partial charge in [0.25, 0.3) is 5.91 Å². The van der Waals surface area contributed by atoms with Gasteiger partial charge in [0, 0.05) is 6.61 Å². The quantitative estimate of drug-likeness (QED) is 0.851. The molecule has 3 rings (SSSR count). The number of carbonyl (C=O) groups excluding carboxylic acids is 1. The predicted octanol–water partition coefficient (Wildman–Crippen LogP) is 3.00. The SMILES string of the molecule is CCC(NC(=O)C(O)(c1ccccc1)c1ccccc1)C1CCCO1. The van der Waals surface area contributed by atoms with E-state index in [2.05, 4.69) is 5.32 Å². The maximum atomic E-state index is 13.2. The van der Waals surface area contributed by atoms with Gasteiger partial charge in [-0.1, -0.05) is 67.6 Å². The van der Waals surface area contributed by atoms with Crippen molar-refractivity contribution >= 4 is 5.91 Å². The number of amides is 1. The molecule has 0 bridgehead atoms. The first-order chi connectivity index (χ1) is 12.2. The lowest BCUT2D eigenvalue weighted by Crippen LogP contribution is -2.52. The normalized spacial score (nSPS) is 18.7. The van der Waals surface area contributed by atoms with Crippen LogP contribution in [-0.2, 0) is 15.1 Å². The van der Waals surface area contributed by atoms with E-state index in [0.717, 1.165) is 25.9 Å². The molecule has 2 aromatic rings. The van der Waals surface area contributed by atoms with Crippen LogP contribution in [0.15, 0.2) is 60.7 Å². The molecule has 2 atom stereocenters. The zero-order valence-corrected chi connectivity index (χ0v) is 14.5. The molecule has 2 aromatic carbocycles. The summed E-state index contributed by atoms with van der Waals surface area (Å²) in [6.45, 7) is 2.76. The van der Waals surface area contributed by atoms with Crippen molar-refractivity contribution in [1.29, 1.82) is 0 Å². The molecule has 0 aromatic heterocycles. The summed E-state index contributed by atoms with van der Waals surface area (Å²) in [5.74, 6) is -0.410. The third-order valence-corrected chi connectivity index (χ3v) is 4.88. The number of carbonyl (C=O) groups is 1. The van der Waals surface area contributed by atoms with Crippen LogP contribution in [0.4, 0.5) is 0 Å². The lowest BCUT2D eigenvalue weighted by molar-refractivity contribution is -0.138. The fraction of sp³-hybridized carbons (Fsp3) is 0.381. The highest BCUT2D eigenvalue weighted by Gasteiger charge is 2.41. The molecule has 2 N–H and O–H groups in total. The standard InChI is InChI=1S/C21H25NO3/c1-2-18(19-14-9-15-25-19)22-20(23)21(24,16-10-5-3-6-11-16)17-12-7-4-8-13-17/h3-8,10-13,18-19,24H,2,9,14-15H2,1H3,(H,22,23). The molecule has 1 saturated heterocycles. The first kappa shape index (κ1) is 17.6. The van der Waals surface area contributed by atoms with E-state index in [1.165, 1.54) is 0 Å². The Kier molecular flexibility index (Phi) is 5.51. The maximum absolute atomic E-state index is 13.2. The van der Waals surface area contributed by atoms with E-state index in [4.69, 9.17) is 4.74 Å². The van der Waals surface area contributed by atoms with Crippen LogP contribution in [0.1, 0.15) is 37.3 Å². The van der Waals surface area contributed by atoms with Gasteiger partial charge in [-0.2, -0.15) is 0 Å². The van der Waals surface area contributed by atoms with Crippen molar-refractivity contribution in [3.05, 3.63) is 71.8 Å². The van der Waals surface area contributed by atoms with Crippen LogP contribution in [0.5, 0.6) is 0 Å². The third kappa shape index (κ3) is 3.60. The monoisotopic (exact) mass is 339 g/mol. The molecule has 4 nitrogen and oxygen atoms in total. The van der Waals surface area contributed by atoms with Crippen LogP contribution in [0, 0.1) is 0 Å². The van der Waals surface area contributed by atoms with Crippen molar-refractivity contribution < 1.29 is 14.6 Å². The Hall–Kier alpha value is -2.17. The third-order valence-electron chi connectivity index (χ3n) is 4.88. The number of rotatable bonds is 6.